The minimum absolute atomic E-state index is 0.165. The quantitative estimate of drug-likeness (QED) is 0.782. The molecule has 0 aliphatic carbocycles. The fourth-order valence-electron chi connectivity index (χ4n) is 1.80. The molecule has 0 saturated heterocycles. The lowest BCUT2D eigenvalue weighted by Crippen LogP contribution is -2.37. The van der Waals surface area contributed by atoms with Gasteiger partial charge in [-0.3, -0.25) is 0 Å². The van der Waals surface area contributed by atoms with Crippen molar-refractivity contribution in [3.63, 3.8) is 0 Å². The molecule has 0 aromatic heterocycles. The lowest BCUT2D eigenvalue weighted by Gasteiger charge is -2.24. The van der Waals surface area contributed by atoms with Crippen molar-refractivity contribution in [2.75, 3.05) is 13.7 Å². The molecular formula is C15H20FNO3. The monoisotopic (exact) mass is 281 g/mol. The molecule has 0 fully saturated rings. The van der Waals surface area contributed by atoms with Gasteiger partial charge in [-0.2, -0.15) is 0 Å². The van der Waals surface area contributed by atoms with Gasteiger partial charge in [-0.25, -0.2) is 9.18 Å². The van der Waals surface area contributed by atoms with E-state index in [1.54, 1.807) is 18.2 Å². The summed E-state index contributed by atoms with van der Waals surface area (Å²) in [4.78, 5) is 13.1. The zero-order chi connectivity index (χ0) is 15.0. The average Bonchev–Trinajstić information content (AvgIpc) is 2.45. The van der Waals surface area contributed by atoms with E-state index >= 15 is 0 Å². The van der Waals surface area contributed by atoms with E-state index in [2.05, 4.69) is 6.58 Å². The second kappa shape index (κ2) is 8.32. The Balaban J connectivity index is 2.66. The first-order valence-electron chi connectivity index (χ1n) is 6.43. The van der Waals surface area contributed by atoms with Gasteiger partial charge in [0.05, 0.1) is 19.8 Å². The maximum absolute atomic E-state index is 12.8. The number of halogens is 1. The zero-order valence-electron chi connectivity index (χ0n) is 11.6. The van der Waals surface area contributed by atoms with Crippen LogP contribution in [0.15, 0.2) is 36.9 Å². The van der Waals surface area contributed by atoms with Gasteiger partial charge in [-0.05, 0) is 30.5 Å². The highest BCUT2D eigenvalue weighted by molar-refractivity contribution is 5.67. The van der Waals surface area contributed by atoms with E-state index in [-0.39, 0.29) is 18.9 Å². The normalized spacial score (nSPS) is 11.8. The van der Waals surface area contributed by atoms with Crippen LogP contribution >= 0.6 is 0 Å². The lowest BCUT2D eigenvalue weighted by atomic mass is 10.1. The molecule has 1 rings (SSSR count). The number of hydrogen-bond acceptors (Lipinski definition) is 3. The Morgan fingerprint density at radius 2 is 2.15 bits per heavy atom. The molecule has 1 N–H and O–H groups in total. The van der Waals surface area contributed by atoms with Crippen LogP contribution in [-0.4, -0.2) is 35.9 Å². The standard InChI is InChI=1S/C15H20FNO3/c1-3-4-5-14(18)11-17(15(19)20-2)10-12-6-8-13(16)9-7-12/h3,6-9,14,18H,1,4-5,10-11H2,2H3. The Labute approximate surface area is 118 Å². The number of carbonyl (C=O) groups is 1. The van der Waals surface area contributed by atoms with Crippen LogP contribution in [-0.2, 0) is 11.3 Å². The molecular weight excluding hydrogens is 261 g/mol. The first-order valence-corrected chi connectivity index (χ1v) is 6.43. The third kappa shape index (κ3) is 5.40. The molecule has 1 amide bonds. The summed E-state index contributed by atoms with van der Waals surface area (Å²) in [6.45, 7) is 4.01. The molecule has 1 unspecified atom stereocenters. The number of ether oxygens (including phenoxy) is 1. The molecule has 1 aromatic rings. The van der Waals surface area contributed by atoms with E-state index in [0.29, 0.717) is 12.8 Å². The summed E-state index contributed by atoms with van der Waals surface area (Å²) < 4.78 is 17.5. The van der Waals surface area contributed by atoms with Crippen LogP contribution in [0.2, 0.25) is 0 Å². The van der Waals surface area contributed by atoms with Crippen LogP contribution < -0.4 is 0 Å². The van der Waals surface area contributed by atoms with Crippen molar-refractivity contribution in [3.05, 3.63) is 48.3 Å². The highest BCUT2D eigenvalue weighted by Gasteiger charge is 2.18. The summed E-state index contributed by atoms with van der Waals surface area (Å²) in [6.07, 6.45) is 1.75. The summed E-state index contributed by atoms with van der Waals surface area (Å²) in [5.74, 6) is -0.329. The van der Waals surface area contributed by atoms with Crippen LogP contribution in [0, 0.1) is 5.82 Å². The molecule has 20 heavy (non-hydrogen) atoms. The second-order valence-electron chi connectivity index (χ2n) is 4.50. The summed E-state index contributed by atoms with van der Waals surface area (Å²) >= 11 is 0. The van der Waals surface area contributed by atoms with E-state index in [1.165, 1.54) is 24.1 Å². The van der Waals surface area contributed by atoms with Gasteiger partial charge in [-0.1, -0.05) is 18.2 Å². The molecule has 5 heteroatoms. The molecule has 1 aromatic carbocycles. The van der Waals surface area contributed by atoms with Crippen molar-refractivity contribution >= 4 is 6.09 Å². The number of hydrogen-bond donors (Lipinski definition) is 1. The van der Waals surface area contributed by atoms with Crippen LogP contribution in [0.25, 0.3) is 0 Å². The molecule has 110 valence electrons. The van der Waals surface area contributed by atoms with Gasteiger partial charge < -0.3 is 14.7 Å². The fraction of sp³-hybridized carbons (Fsp3) is 0.400. The van der Waals surface area contributed by atoms with Gasteiger partial charge in [-0.15, -0.1) is 6.58 Å². The number of carbonyl (C=O) groups excluding carboxylic acids is 1. The summed E-state index contributed by atoms with van der Waals surface area (Å²) in [5, 5.41) is 9.86. The van der Waals surface area contributed by atoms with Gasteiger partial charge in [0.25, 0.3) is 0 Å². The number of allylic oxidation sites excluding steroid dienone is 1. The Bertz CT molecular complexity index is 433. The molecule has 1 atom stereocenters. The van der Waals surface area contributed by atoms with E-state index in [1.807, 2.05) is 0 Å². The summed E-state index contributed by atoms with van der Waals surface area (Å²) in [5.41, 5.74) is 0.771. The molecule has 0 bridgehead atoms. The Morgan fingerprint density at radius 3 is 2.70 bits per heavy atom. The van der Waals surface area contributed by atoms with Crippen molar-refractivity contribution in [2.24, 2.45) is 0 Å². The second-order valence-corrected chi connectivity index (χ2v) is 4.50. The number of aliphatic hydroxyl groups excluding tert-OH is 1. The minimum Gasteiger partial charge on any atom is -0.453 e. The molecule has 0 heterocycles. The van der Waals surface area contributed by atoms with Crippen molar-refractivity contribution in [3.8, 4) is 0 Å². The molecule has 0 aliphatic heterocycles. The predicted molar refractivity (Wildman–Crippen MR) is 74.7 cm³/mol. The fourth-order valence-corrected chi connectivity index (χ4v) is 1.80. The highest BCUT2D eigenvalue weighted by atomic mass is 19.1. The molecule has 0 radical (unpaired) electrons. The van der Waals surface area contributed by atoms with Crippen LogP contribution in [0.1, 0.15) is 18.4 Å². The maximum Gasteiger partial charge on any atom is 0.409 e. The van der Waals surface area contributed by atoms with Crippen molar-refractivity contribution in [1.29, 1.82) is 0 Å². The van der Waals surface area contributed by atoms with Crippen molar-refractivity contribution in [1.82, 2.24) is 4.90 Å². The van der Waals surface area contributed by atoms with Gasteiger partial charge in [0.15, 0.2) is 0 Å². The topological polar surface area (TPSA) is 49.8 Å². The lowest BCUT2D eigenvalue weighted by molar-refractivity contribution is 0.0791. The average molecular weight is 281 g/mol. The molecule has 4 nitrogen and oxygen atoms in total. The number of amides is 1. The zero-order valence-corrected chi connectivity index (χ0v) is 11.6. The van der Waals surface area contributed by atoms with E-state index < -0.39 is 12.2 Å². The first kappa shape index (κ1) is 16.2. The molecule has 0 aliphatic rings. The number of rotatable bonds is 7. The summed E-state index contributed by atoms with van der Waals surface area (Å²) in [7, 11) is 1.29. The van der Waals surface area contributed by atoms with E-state index in [9.17, 15) is 14.3 Å². The number of benzene rings is 1. The number of methoxy groups -OCH3 is 1. The SMILES string of the molecule is C=CCCC(O)CN(Cc1ccc(F)cc1)C(=O)OC. The van der Waals surface area contributed by atoms with Crippen LogP contribution in [0.3, 0.4) is 0 Å². The van der Waals surface area contributed by atoms with Crippen LogP contribution in [0.5, 0.6) is 0 Å². The molecule has 0 saturated carbocycles. The van der Waals surface area contributed by atoms with E-state index in [4.69, 9.17) is 4.74 Å². The van der Waals surface area contributed by atoms with Crippen molar-refractivity contribution < 1.29 is 19.0 Å². The van der Waals surface area contributed by atoms with Gasteiger partial charge in [0, 0.05) is 6.54 Å². The highest BCUT2D eigenvalue weighted by Crippen LogP contribution is 2.10. The number of nitrogens with zero attached hydrogens (tertiary/aromatic N) is 1. The summed E-state index contributed by atoms with van der Waals surface area (Å²) in [6, 6.07) is 5.86. The smallest absolute Gasteiger partial charge is 0.409 e. The van der Waals surface area contributed by atoms with E-state index in [0.717, 1.165) is 5.56 Å². The Kier molecular flexibility index (Phi) is 6.73. The minimum atomic E-state index is -0.646. The largest absolute Gasteiger partial charge is 0.453 e. The Hall–Kier alpha value is -1.88. The van der Waals surface area contributed by atoms with Crippen molar-refractivity contribution in [2.45, 2.75) is 25.5 Å². The van der Waals surface area contributed by atoms with Gasteiger partial charge in [0.1, 0.15) is 5.82 Å². The third-order valence-electron chi connectivity index (χ3n) is 2.85. The Morgan fingerprint density at radius 1 is 1.50 bits per heavy atom. The van der Waals surface area contributed by atoms with Crippen LogP contribution in [0.4, 0.5) is 9.18 Å². The molecule has 0 spiro atoms. The first-order chi connectivity index (χ1) is 9.56. The number of aliphatic hydroxyl groups is 1. The predicted octanol–water partition coefficient (Wildman–Crippen LogP) is 2.72. The third-order valence-corrected chi connectivity index (χ3v) is 2.85. The maximum atomic E-state index is 12.8. The van der Waals surface area contributed by atoms with Gasteiger partial charge in [0.2, 0.25) is 0 Å². The van der Waals surface area contributed by atoms with Gasteiger partial charge >= 0.3 is 6.09 Å².